The summed E-state index contributed by atoms with van der Waals surface area (Å²) in [6, 6.07) is 12.2. The van der Waals surface area contributed by atoms with E-state index in [-0.39, 0.29) is 11.8 Å². The van der Waals surface area contributed by atoms with Crippen LogP contribution in [-0.4, -0.2) is 35.3 Å². The normalized spacial score (nSPS) is 18.3. The molecule has 5 heteroatoms. The first-order valence-electron chi connectivity index (χ1n) is 8.26. The standard InChI is InChI=1S/C18H24N4O/c1-15(16-6-3-2-4-7-16)14-20-17(23)18(8-11-19-12-9-18)22-13-5-10-21-22/h2-7,10,13,15,19H,8-9,11-12,14H2,1H3,(H,20,23). The van der Waals surface area contributed by atoms with Gasteiger partial charge in [-0.1, -0.05) is 37.3 Å². The van der Waals surface area contributed by atoms with Crippen LogP contribution in [0.15, 0.2) is 48.8 Å². The predicted octanol–water partition coefficient (Wildman–Crippen LogP) is 1.88. The SMILES string of the molecule is CC(CNC(=O)C1(n2cccn2)CCNCC1)c1ccccc1. The van der Waals surface area contributed by atoms with Crippen LogP contribution in [0.1, 0.15) is 31.2 Å². The van der Waals surface area contributed by atoms with E-state index < -0.39 is 5.54 Å². The van der Waals surface area contributed by atoms with E-state index in [1.165, 1.54) is 5.56 Å². The number of amides is 1. The van der Waals surface area contributed by atoms with Crippen molar-refractivity contribution in [2.45, 2.75) is 31.2 Å². The molecule has 1 amide bonds. The number of rotatable bonds is 5. The third-order valence-electron chi connectivity index (χ3n) is 4.73. The molecule has 1 aromatic carbocycles. The predicted molar refractivity (Wildman–Crippen MR) is 90.2 cm³/mol. The molecule has 0 bridgehead atoms. The van der Waals surface area contributed by atoms with Crippen LogP contribution >= 0.6 is 0 Å². The summed E-state index contributed by atoms with van der Waals surface area (Å²) in [5, 5.41) is 10.8. The van der Waals surface area contributed by atoms with Crippen molar-refractivity contribution in [3.63, 3.8) is 0 Å². The van der Waals surface area contributed by atoms with Crippen molar-refractivity contribution in [1.82, 2.24) is 20.4 Å². The quantitative estimate of drug-likeness (QED) is 0.886. The second kappa shape index (κ2) is 6.96. The number of aromatic nitrogens is 2. The summed E-state index contributed by atoms with van der Waals surface area (Å²) in [6.07, 6.45) is 5.16. The number of hydrogen-bond donors (Lipinski definition) is 2. The molecule has 1 atom stereocenters. The van der Waals surface area contributed by atoms with Gasteiger partial charge in [-0.3, -0.25) is 9.48 Å². The largest absolute Gasteiger partial charge is 0.353 e. The third kappa shape index (κ3) is 3.29. The molecule has 2 aromatic rings. The molecule has 1 fully saturated rings. The highest BCUT2D eigenvalue weighted by atomic mass is 16.2. The van der Waals surface area contributed by atoms with Gasteiger partial charge in [-0.25, -0.2) is 0 Å². The van der Waals surface area contributed by atoms with Crippen molar-refractivity contribution in [1.29, 1.82) is 0 Å². The maximum atomic E-state index is 13.0. The maximum absolute atomic E-state index is 13.0. The van der Waals surface area contributed by atoms with Crippen molar-refractivity contribution >= 4 is 5.91 Å². The van der Waals surface area contributed by atoms with Gasteiger partial charge in [-0.15, -0.1) is 0 Å². The summed E-state index contributed by atoms with van der Waals surface area (Å²) >= 11 is 0. The summed E-state index contributed by atoms with van der Waals surface area (Å²) in [6.45, 7) is 4.45. The van der Waals surface area contributed by atoms with Gasteiger partial charge in [0.25, 0.3) is 0 Å². The Morgan fingerprint density at radius 1 is 1.30 bits per heavy atom. The van der Waals surface area contributed by atoms with Crippen LogP contribution in [0.3, 0.4) is 0 Å². The number of hydrogen-bond acceptors (Lipinski definition) is 3. The molecule has 1 aliphatic heterocycles. The zero-order chi connectivity index (χ0) is 16.1. The molecule has 1 aromatic heterocycles. The summed E-state index contributed by atoms with van der Waals surface area (Å²) in [4.78, 5) is 13.0. The molecule has 0 spiro atoms. The van der Waals surface area contributed by atoms with Gasteiger partial charge in [-0.05, 0) is 43.5 Å². The van der Waals surface area contributed by atoms with Gasteiger partial charge in [0.15, 0.2) is 0 Å². The summed E-state index contributed by atoms with van der Waals surface area (Å²) in [5.74, 6) is 0.363. The summed E-state index contributed by atoms with van der Waals surface area (Å²) < 4.78 is 1.83. The first kappa shape index (κ1) is 15.7. The first-order chi connectivity index (χ1) is 11.2. The van der Waals surface area contributed by atoms with Crippen LogP contribution in [-0.2, 0) is 10.3 Å². The lowest BCUT2D eigenvalue weighted by atomic mass is 9.87. The van der Waals surface area contributed by atoms with Crippen molar-refractivity contribution in [2.24, 2.45) is 0 Å². The minimum atomic E-state index is -0.564. The van der Waals surface area contributed by atoms with E-state index in [9.17, 15) is 4.79 Å². The Morgan fingerprint density at radius 2 is 2.04 bits per heavy atom. The van der Waals surface area contributed by atoms with Gasteiger partial charge in [0, 0.05) is 18.9 Å². The zero-order valence-corrected chi connectivity index (χ0v) is 13.5. The molecular weight excluding hydrogens is 288 g/mol. The third-order valence-corrected chi connectivity index (χ3v) is 4.73. The highest BCUT2D eigenvalue weighted by Crippen LogP contribution is 2.27. The summed E-state index contributed by atoms with van der Waals surface area (Å²) in [5.41, 5.74) is 0.678. The van der Waals surface area contributed by atoms with Crippen LogP contribution in [0.4, 0.5) is 0 Å². The molecular formula is C18H24N4O. The fourth-order valence-corrected chi connectivity index (χ4v) is 3.23. The van der Waals surface area contributed by atoms with Gasteiger partial charge in [0.1, 0.15) is 5.54 Å². The molecule has 1 saturated heterocycles. The molecule has 0 radical (unpaired) electrons. The number of benzene rings is 1. The van der Waals surface area contributed by atoms with Crippen molar-refractivity contribution in [3.8, 4) is 0 Å². The molecule has 2 heterocycles. The average Bonchev–Trinajstić information content (AvgIpc) is 3.16. The Labute approximate surface area is 137 Å². The molecule has 23 heavy (non-hydrogen) atoms. The Morgan fingerprint density at radius 3 is 2.70 bits per heavy atom. The fraction of sp³-hybridized carbons (Fsp3) is 0.444. The molecule has 122 valence electrons. The van der Waals surface area contributed by atoms with Crippen molar-refractivity contribution < 1.29 is 4.79 Å². The Balaban J connectivity index is 1.70. The fourth-order valence-electron chi connectivity index (χ4n) is 3.23. The van der Waals surface area contributed by atoms with Crippen molar-refractivity contribution in [3.05, 3.63) is 54.4 Å². The van der Waals surface area contributed by atoms with Crippen LogP contribution in [0.25, 0.3) is 0 Å². The highest BCUT2D eigenvalue weighted by molar-refractivity contribution is 5.84. The van der Waals surface area contributed by atoms with Gasteiger partial charge in [0.2, 0.25) is 5.91 Å². The lowest BCUT2D eigenvalue weighted by Crippen LogP contribution is -2.55. The smallest absolute Gasteiger partial charge is 0.248 e. The minimum absolute atomic E-state index is 0.0745. The van der Waals surface area contributed by atoms with Gasteiger partial charge in [-0.2, -0.15) is 5.10 Å². The summed E-state index contributed by atoms with van der Waals surface area (Å²) in [7, 11) is 0. The van der Waals surface area contributed by atoms with E-state index in [2.05, 4.69) is 34.8 Å². The number of nitrogens with zero attached hydrogens (tertiary/aromatic N) is 2. The molecule has 5 nitrogen and oxygen atoms in total. The monoisotopic (exact) mass is 312 g/mol. The molecule has 0 aliphatic carbocycles. The Hall–Kier alpha value is -2.14. The first-order valence-corrected chi connectivity index (χ1v) is 8.26. The van der Waals surface area contributed by atoms with Crippen LogP contribution in [0.5, 0.6) is 0 Å². The van der Waals surface area contributed by atoms with Crippen LogP contribution in [0, 0.1) is 0 Å². The number of carbonyl (C=O) groups excluding carboxylic acids is 1. The molecule has 2 N–H and O–H groups in total. The lowest BCUT2D eigenvalue weighted by molar-refractivity contribution is -0.132. The second-order valence-corrected chi connectivity index (χ2v) is 6.25. The Bertz CT molecular complexity index is 618. The number of carbonyl (C=O) groups is 1. The maximum Gasteiger partial charge on any atom is 0.248 e. The topological polar surface area (TPSA) is 59.0 Å². The molecule has 1 unspecified atom stereocenters. The van der Waals surface area contributed by atoms with E-state index in [4.69, 9.17) is 0 Å². The van der Waals surface area contributed by atoms with E-state index in [0.717, 1.165) is 25.9 Å². The minimum Gasteiger partial charge on any atom is -0.353 e. The molecule has 1 aliphatic rings. The van der Waals surface area contributed by atoms with E-state index in [1.54, 1.807) is 6.20 Å². The number of nitrogens with one attached hydrogen (secondary N) is 2. The lowest BCUT2D eigenvalue weighted by Gasteiger charge is -2.36. The number of piperidine rings is 1. The van der Waals surface area contributed by atoms with E-state index >= 15 is 0 Å². The molecule has 3 rings (SSSR count). The zero-order valence-electron chi connectivity index (χ0n) is 13.5. The van der Waals surface area contributed by atoms with Gasteiger partial charge < -0.3 is 10.6 Å². The van der Waals surface area contributed by atoms with Gasteiger partial charge >= 0.3 is 0 Å². The van der Waals surface area contributed by atoms with E-state index in [1.807, 2.05) is 35.1 Å². The Kier molecular flexibility index (Phi) is 4.76. The second-order valence-electron chi connectivity index (χ2n) is 6.25. The average molecular weight is 312 g/mol. The van der Waals surface area contributed by atoms with Gasteiger partial charge in [0.05, 0.1) is 0 Å². The van der Waals surface area contributed by atoms with Crippen molar-refractivity contribution in [2.75, 3.05) is 19.6 Å². The highest BCUT2D eigenvalue weighted by Gasteiger charge is 2.41. The molecule has 0 saturated carbocycles. The van der Waals surface area contributed by atoms with Crippen LogP contribution < -0.4 is 10.6 Å². The van der Waals surface area contributed by atoms with E-state index in [0.29, 0.717) is 6.54 Å². The van der Waals surface area contributed by atoms with Crippen LogP contribution in [0.2, 0.25) is 0 Å².